The van der Waals surface area contributed by atoms with Crippen molar-refractivity contribution in [2.75, 3.05) is 32.1 Å². The summed E-state index contributed by atoms with van der Waals surface area (Å²) in [6.07, 6.45) is 1.96. The summed E-state index contributed by atoms with van der Waals surface area (Å²) in [6.45, 7) is 1.46. The predicted octanol–water partition coefficient (Wildman–Crippen LogP) is 0.996. The molecular weight excluding hydrogens is 284 g/mol. The van der Waals surface area contributed by atoms with Gasteiger partial charge in [-0.15, -0.1) is 0 Å². The van der Waals surface area contributed by atoms with E-state index in [9.17, 15) is 9.59 Å². The Morgan fingerprint density at radius 1 is 1.55 bits per heavy atom. The molecule has 116 valence electrons. The number of ether oxygens (including phenoxy) is 1. The number of amides is 2. The molecule has 0 saturated carbocycles. The van der Waals surface area contributed by atoms with Gasteiger partial charge in [0.25, 0.3) is 0 Å². The highest BCUT2D eigenvalue weighted by Gasteiger charge is 2.33. The average Bonchev–Trinajstić information content (AvgIpc) is 3.11. The molecule has 1 fully saturated rings. The van der Waals surface area contributed by atoms with E-state index in [0.717, 1.165) is 10.9 Å². The molecule has 3 rings (SSSR count). The first-order valence-electron chi connectivity index (χ1n) is 7.18. The van der Waals surface area contributed by atoms with Crippen LogP contribution < -0.4 is 5.32 Å². The number of nitrogens with one attached hydrogen (secondary N) is 2. The second kappa shape index (κ2) is 6.15. The number of carbonyl (C=O) groups excluding carboxylic acids is 2. The Morgan fingerprint density at radius 3 is 3.23 bits per heavy atom. The number of nitrogens with zero attached hydrogens (tertiary/aromatic N) is 2. The molecule has 2 amide bonds. The van der Waals surface area contributed by atoms with Crippen LogP contribution in [0.25, 0.3) is 10.9 Å². The van der Waals surface area contributed by atoms with Gasteiger partial charge in [-0.2, -0.15) is 5.10 Å². The molecule has 0 spiro atoms. The minimum absolute atomic E-state index is 0.00230. The summed E-state index contributed by atoms with van der Waals surface area (Å²) in [6, 6.07) is 5.54. The molecule has 7 nitrogen and oxygen atoms in total. The Morgan fingerprint density at radius 2 is 2.41 bits per heavy atom. The lowest BCUT2D eigenvalue weighted by atomic mass is 10.1. The van der Waals surface area contributed by atoms with Crippen LogP contribution in [0.4, 0.5) is 5.69 Å². The molecule has 1 aromatic heterocycles. The standard InChI is InChI=1S/C15H18N4O3/c1-22-5-4-19-9-11(7-14(19)20)15(21)17-12-2-3-13-10(6-12)8-16-18-13/h2-3,6,8,11H,4-5,7,9H2,1H3,(H,16,18)(H,17,21). The molecule has 2 N–H and O–H groups in total. The predicted molar refractivity (Wildman–Crippen MR) is 81.3 cm³/mol. The summed E-state index contributed by atoms with van der Waals surface area (Å²) in [5, 5.41) is 10.6. The number of aromatic amines is 1. The number of fused-ring (bicyclic) bond motifs is 1. The zero-order chi connectivity index (χ0) is 15.5. The number of H-pyrrole nitrogens is 1. The molecule has 1 aromatic carbocycles. The van der Waals surface area contributed by atoms with Gasteiger partial charge in [0, 0.05) is 37.7 Å². The molecule has 1 unspecified atom stereocenters. The van der Waals surface area contributed by atoms with Crippen LogP contribution in [0.2, 0.25) is 0 Å². The van der Waals surface area contributed by atoms with E-state index < -0.39 is 0 Å². The van der Waals surface area contributed by atoms with Crippen molar-refractivity contribution in [1.29, 1.82) is 0 Å². The quantitative estimate of drug-likeness (QED) is 0.862. The van der Waals surface area contributed by atoms with Gasteiger partial charge in [-0.25, -0.2) is 0 Å². The largest absolute Gasteiger partial charge is 0.383 e. The summed E-state index contributed by atoms with van der Waals surface area (Å²) < 4.78 is 4.97. The van der Waals surface area contributed by atoms with Crippen LogP contribution in [-0.4, -0.2) is 53.7 Å². The summed E-state index contributed by atoms with van der Waals surface area (Å²) in [5.74, 6) is -0.442. The third kappa shape index (κ3) is 2.94. The normalized spacial score (nSPS) is 18.1. The Bertz CT molecular complexity index is 697. The smallest absolute Gasteiger partial charge is 0.229 e. The molecule has 22 heavy (non-hydrogen) atoms. The van der Waals surface area contributed by atoms with Crippen LogP contribution in [0.5, 0.6) is 0 Å². The third-order valence-electron chi connectivity index (χ3n) is 3.86. The van der Waals surface area contributed by atoms with Gasteiger partial charge in [0.2, 0.25) is 11.8 Å². The van der Waals surface area contributed by atoms with E-state index in [2.05, 4.69) is 15.5 Å². The lowest BCUT2D eigenvalue weighted by Crippen LogP contribution is -2.30. The molecule has 2 aromatic rings. The van der Waals surface area contributed by atoms with E-state index in [1.54, 1.807) is 18.2 Å². The van der Waals surface area contributed by atoms with Crippen LogP contribution in [0.15, 0.2) is 24.4 Å². The second-order valence-electron chi connectivity index (χ2n) is 5.39. The number of aromatic nitrogens is 2. The zero-order valence-electron chi connectivity index (χ0n) is 12.3. The lowest BCUT2D eigenvalue weighted by Gasteiger charge is -2.15. The Labute approximate surface area is 127 Å². The second-order valence-corrected chi connectivity index (χ2v) is 5.39. The average molecular weight is 302 g/mol. The molecule has 0 bridgehead atoms. The summed E-state index contributed by atoms with van der Waals surface area (Å²) in [7, 11) is 1.59. The van der Waals surface area contributed by atoms with Gasteiger partial charge >= 0.3 is 0 Å². The van der Waals surface area contributed by atoms with Crippen LogP contribution >= 0.6 is 0 Å². The number of likely N-dealkylation sites (tertiary alicyclic amines) is 1. The van der Waals surface area contributed by atoms with Gasteiger partial charge in [0.1, 0.15) is 0 Å². The maximum Gasteiger partial charge on any atom is 0.229 e. The Kier molecular flexibility index (Phi) is 4.06. The summed E-state index contributed by atoms with van der Waals surface area (Å²) >= 11 is 0. The minimum atomic E-state index is -0.315. The number of rotatable bonds is 5. The summed E-state index contributed by atoms with van der Waals surface area (Å²) in [5.41, 5.74) is 1.63. The van der Waals surface area contributed by atoms with Crippen LogP contribution in [0, 0.1) is 5.92 Å². The molecule has 2 heterocycles. The maximum atomic E-state index is 12.3. The van der Waals surface area contributed by atoms with Crippen molar-refractivity contribution in [3.63, 3.8) is 0 Å². The van der Waals surface area contributed by atoms with Crippen molar-refractivity contribution in [3.05, 3.63) is 24.4 Å². The highest BCUT2D eigenvalue weighted by Crippen LogP contribution is 2.21. The van der Waals surface area contributed by atoms with E-state index in [4.69, 9.17) is 4.74 Å². The number of anilines is 1. The van der Waals surface area contributed by atoms with Crippen molar-refractivity contribution < 1.29 is 14.3 Å². The van der Waals surface area contributed by atoms with Crippen molar-refractivity contribution >= 4 is 28.4 Å². The minimum Gasteiger partial charge on any atom is -0.383 e. The van der Waals surface area contributed by atoms with Crippen LogP contribution in [0.3, 0.4) is 0 Å². The molecule has 1 atom stereocenters. The molecule has 1 aliphatic heterocycles. The van der Waals surface area contributed by atoms with Gasteiger partial charge in [-0.1, -0.05) is 0 Å². The topological polar surface area (TPSA) is 87.3 Å². The summed E-state index contributed by atoms with van der Waals surface area (Å²) in [4.78, 5) is 25.8. The van der Waals surface area contributed by atoms with Crippen LogP contribution in [-0.2, 0) is 14.3 Å². The van der Waals surface area contributed by atoms with E-state index in [1.165, 1.54) is 0 Å². The molecule has 1 saturated heterocycles. The number of hydrogen-bond acceptors (Lipinski definition) is 4. The van der Waals surface area contributed by atoms with Crippen LogP contribution in [0.1, 0.15) is 6.42 Å². The van der Waals surface area contributed by atoms with Gasteiger partial charge in [0.05, 0.1) is 24.2 Å². The lowest BCUT2D eigenvalue weighted by molar-refractivity contribution is -0.128. The monoisotopic (exact) mass is 302 g/mol. The molecule has 0 aliphatic carbocycles. The van der Waals surface area contributed by atoms with Crippen molar-refractivity contribution in [2.24, 2.45) is 5.92 Å². The number of benzene rings is 1. The first-order chi connectivity index (χ1) is 10.7. The van der Waals surface area contributed by atoms with Gasteiger partial charge in [-0.05, 0) is 18.2 Å². The zero-order valence-corrected chi connectivity index (χ0v) is 12.3. The maximum absolute atomic E-state index is 12.3. The van der Waals surface area contributed by atoms with E-state index in [-0.39, 0.29) is 24.2 Å². The van der Waals surface area contributed by atoms with Gasteiger partial charge in [0.15, 0.2) is 0 Å². The van der Waals surface area contributed by atoms with Crippen molar-refractivity contribution in [2.45, 2.75) is 6.42 Å². The highest BCUT2D eigenvalue weighted by atomic mass is 16.5. The van der Waals surface area contributed by atoms with Gasteiger partial charge < -0.3 is 15.0 Å². The van der Waals surface area contributed by atoms with E-state index in [1.807, 2.05) is 18.2 Å². The highest BCUT2D eigenvalue weighted by molar-refractivity contribution is 5.98. The molecule has 1 aliphatic rings. The molecule has 0 radical (unpaired) electrons. The fourth-order valence-corrected chi connectivity index (χ4v) is 2.63. The Balaban J connectivity index is 1.63. The number of methoxy groups -OCH3 is 1. The fraction of sp³-hybridized carbons (Fsp3) is 0.400. The Hall–Kier alpha value is -2.41. The SMILES string of the molecule is COCCN1CC(C(=O)Nc2ccc3[nH]ncc3c2)CC1=O. The molecule has 7 heteroatoms. The van der Waals surface area contributed by atoms with E-state index in [0.29, 0.717) is 25.4 Å². The first kappa shape index (κ1) is 14.5. The third-order valence-corrected chi connectivity index (χ3v) is 3.86. The number of hydrogen-bond donors (Lipinski definition) is 2. The fourth-order valence-electron chi connectivity index (χ4n) is 2.63. The van der Waals surface area contributed by atoms with Gasteiger partial charge in [-0.3, -0.25) is 14.7 Å². The van der Waals surface area contributed by atoms with Crippen molar-refractivity contribution in [1.82, 2.24) is 15.1 Å². The molecular formula is C15H18N4O3. The number of carbonyl (C=O) groups is 2. The van der Waals surface area contributed by atoms with Crippen molar-refractivity contribution in [3.8, 4) is 0 Å². The first-order valence-corrected chi connectivity index (χ1v) is 7.18. The van der Waals surface area contributed by atoms with E-state index >= 15 is 0 Å².